The summed E-state index contributed by atoms with van der Waals surface area (Å²) in [6, 6.07) is 6.50. The fourth-order valence-corrected chi connectivity index (χ4v) is 1.75. The van der Waals surface area contributed by atoms with Crippen molar-refractivity contribution in [1.82, 2.24) is 4.98 Å². The lowest BCUT2D eigenvalue weighted by Crippen LogP contribution is -2.14. The van der Waals surface area contributed by atoms with E-state index in [1.54, 1.807) is 24.3 Å². The number of nitrogens with one attached hydrogen (secondary N) is 1. The average molecular weight is 278 g/mol. The lowest BCUT2D eigenvalue weighted by molar-refractivity contribution is 0.102. The Balaban J connectivity index is 2.29. The Bertz CT molecular complexity index is 617. The van der Waals surface area contributed by atoms with Crippen molar-refractivity contribution in [2.24, 2.45) is 0 Å². The molecule has 0 aliphatic heterocycles. The largest absolute Gasteiger partial charge is 0.495 e. The Morgan fingerprint density at radius 2 is 2.21 bits per heavy atom. The van der Waals surface area contributed by atoms with Gasteiger partial charge >= 0.3 is 0 Å². The van der Waals surface area contributed by atoms with Gasteiger partial charge in [-0.15, -0.1) is 0 Å². The Hall–Kier alpha value is -2.27. The number of hydrogen-bond acceptors (Lipinski definition) is 4. The number of ether oxygens (including phenoxy) is 1. The molecule has 1 aromatic carbocycles. The van der Waals surface area contributed by atoms with E-state index >= 15 is 0 Å². The normalized spacial score (nSPS) is 10.0. The molecule has 3 N–H and O–H groups in total. The summed E-state index contributed by atoms with van der Waals surface area (Å²) in [6.45, 7) is 0. The maximum Gasteiger partial charge on any atom is 0.257 e. The van der Waals surface area contributed by atoms with E-state index < -0.39 is 0 Å². The number of anilines is 2. The summed E-state index contributed by atoms with van der Waals surface area (Å²) in [5.74, 6) is 0.172. The quantitative estimate of drug-likeness (QED) is 0.904. The number of nitrogens with zero attached hydrogens (tertiary/aromatic N) is 1. The van der Waals surface area contributed by atoms with Crippen LogP contribution in [0.4, 0.5) is 11.4 Å². The first kappa shape index (κ1) is 13.2. The van der Waals surface area contributed by atoms with E-state index in [1.807, 2.05) is 0 Å². The maximum absolute atomic E-state index is 12.1. The molecule has 0 saturated carbocycles. The molecule has 0 spiro atoms. The molecule has 0 unspecified atom stereocenters. The number of aromatic nitrogens is 1. The Morgan fingerprint density at radius 1 is 1.42 bits per heavy atom. The topological polar surface area (TPSA) is 77.2 Å². The smallest absolute Gasteiger partial charge is 0.257 e. The van der Waals surface area contributed by atoms with Gasteiger partial charge in [0.15, 0.2) is 0 Å². The number of carbonyl (C=O) groups excluding carboxylic acids is 1. The zero-order valence-corrected chi connectivity index (χ0v) is 10.9. The van der Waals surface area contributed by atoms with Crippen molar-refractivity contribution >= 4 is 28.9 Å². The predicted octanol–water partition coefficient (Wildman–Crippen LogP) is 2.58. The standard InChI is InChI=1S/C13H12ClN3O2/c1-19-12-3-2-8(14)6-11(12)17-13(18)9-4-5-16-7-10(9)15/h2-7H,15H2,1H3,(H,17,18). The summed E-state index contributed by atoms with van der Waals surface area (Å²) in [5, 5.41) is 3.20. The monoisotopic (exact) mass is 277 g/mol. The van der Waals surface area contributed by atoms with E-state index in [4.69, 9.17) is 22.1 Å². The number of carbonyl (C=O) groups is 1. The van der Waals surface area contributed by atoms with Crippen LogP contribution in [0.25, 0.3) is 0 Å². The van der Waals surface area contributed by atoms with Gasteiger partial charge in [0.2, 0.25) is 0 Å². The molecule has 2 aromatic rings. The lowest BCUT2D eigenvalue weighted by atomic mass is 10.2. The number of halogens is 1. The number of methoxy groups -OCH3 is 1. The van der Waals surface area contributed by atoms with Crippen molar-refractivity contribution in [2.45, 2.75) is 0 Å². The van der Waals surface area contributed by atoms with E-state index in [9.17, 15) is 4.79 Å². The van der Waals surface area contributed by atoms with Crippen molar-refractivity contribution in [3.05, 3.63) is 47.2 Å². The molecule has 0 radical (unpaired) electrons. The van der Waals surface area contributed by atoms with Crippen LogP contribution in [0.15, 0.2) is 36.7 Å². The van der Waals surface area contributed by atoms with Crippen LogP contribution in [-0.4, -0.2) is 18.0 Å². The first-order valence-corrected chi connectivity index (χ1v) is 5.84. The summed E-state index contributed by atoms with van der Waals surface area (Å²) in [4.78, 5) is 15.9. The third-order valence-corrected chi connectivity index (χ3v) is 2.74. The van der Waals surface area contributed by atoms with E-state index in [1.165, 1.54) is 19.5 Å². The molecule has 0 saturated heterocycles. The number of amides is 1. The van der Waals surface area contributed by atoms with E-state index in [0.717, 1.165) is 0 Å². The van der Waals surface area contributed by atoms with Gasteiger partial charge in [-0.1, -0.05) is 11.6 Å². The summed E-state index contributed by atoms with van der Waals surface area (Å²) in [5.41, 5.74) is 6.83. The summed E-state index contributed by atoms with van der Waals surface area (Å²) < 4.78 is 5.15. The van der Waals surface area contributed by atoms with E-state index in [2.05, 4.69) is 10.3 Å². The highest BCUT2D eigenvalue weighted by Crippen LogP contribution is 2.28. The summed E-state index contributed by atoms with van der Waals surface area (Å²) in [7, 11) is 1.51. The molecular formula is C13H12ClN3O2. The fraction of sp³-hybridized carbons (Fsp3) is 0.0769. The number of nitrogen functional groups attached to an aromatic ring is 1. The molecule has 5 nitrogen and oxygen atoms in total. The fourth-order valence-electron chi connectivity index (χ4n) is 1.58. The minimum Gasteiger partial charge on any atom is -0.495 e. The number of nitrogens with two attached hydrogens (primary N) is 1. The molecule has 0 fully saturated rings. The molecule has 6 heteroatoms. The van der Waals surface area contributed by atoms with Crippen molar-refractivity contribution < 1.29 is 9.53 Å². The van der Waals surface area contributed by atoms with Gasteiger partial charge < -0.3 is 15.8 Å². The van der Waals surface area contributed by atoms with Gasteiger partial charge in [0.05, 0.1) is 30.2 Å². The third-order valence-electron chi connectivity index (χ3n) is 2.51. The van der Waals surface area contributed by atoms with Gasteiger partial charge in [-0.2, -0.15) is 0 Å². The van der Waals surface area contributed by atoms with Gasteiger partial charge in [-0.05, 0) is 24.3 Å². The summed E-state index contributed by atoms with van der Waals surface area (Å²) in [6.07, 6.45) is 2.92. The molecule has 0 atom stereocenters. The molecule has 19 heavy (non-hydrogen) atoms. The van der Waals surface area contributed by atoms with Crippen LogP contribution >= 0.6 is 11.6 Å². The minimum absolute atomic E-state index is 0.306. The highest BCUT2D eigenvalue weighted by atomic mass is 35.5. The molecule has 1 amide bonds. The molecule has 0 aliphatic carbocycles. The highest BCUT2D eigenvalue weighted by Gasteiger charge is 2.12. The Kier molecular flexibility index (Phi) is 3.87. The van der Waals surface area contributed by atoms with Crippen molar-refractivity contribution in [2.75, 3.05) is 18.2 Å². The van der Waals surface area contributed by atoms with Crippen LogP contribution in [0.5, 0.6) is 5.75 Å². The number of benzene rings is 1. The minimum atomic E-state index is -0.347. The van der Waals surface area contributed by atoms with E-state index in [-0.39, 0.29) is 5.91 Å². The van der Waals surface area contributed by atoms with Gasteiger partial charge in [0.1, 0.15) is 5.75 Å². The third kappa shape index (κ3) is 2.95. The van der Waals surface area contributed by atoms with Gasteiger partial charge in [-0.3, -0.25) is 9.78 Å². The number of hydrogen-bond donors (Lipinski definition) is 2. The van der Waals surface area contributed by atoms with Gasteiger partial charge in [-0.25, -0.2) is 0 Å². The average Bonchev–Trinajstić information content (AvgIpc) is 2.39. The first-order chi connectivity index (χ1) is 9.11. The second-order valence-corrected chi connectivity index (χ2v) is 4.20. The number of rotatable bonds is 3. The Morgan fingerprint density at radius 3 is 2.89 bits per heavy atom. The van der Waals surface area contributed by atoms with Crippen LogP contribution in [0.2, 0.25) is 5.02 Å². The molecule has 1 aromatic heterocycles. The second-order valence-electron chi connectivity index (χ2n) is 3.76. The first-order valence-electron chi connectivity index (χ1n) is 5.46. The zero-order chi connectivity index (χ0) is 13.8. The molecular weight excluding hydrogens is 266 g/mol. The van der Waals surface area contributed by atoms with Crippen LogP contribution in [0.1, 0.15) is 10.4 Å². The second kappa shape index (κ2) is 5.58. The zero-order valence-electron chi connectivity index (χ0n) is 10.2. The molecule has 98 valence electrons. The summed E-state index contributed by atoms with van der Waals surface area (Å²) >= 11 is 5.89. The van der Waals surface area contributed by atoms with Crippen molar-refractivity contribution in [1.29, 1.82) is 0 Å². The van der Waals surface area contributed by atoms with Crippen LogP contribution in [-0.2, 0) is 0 Å². The van der Waals surface area contributed by atoms with Gasteiger partial charge in [0, 0.05) is 11.2 Å². The lowest BCUT2D eigenvalue weighted by Gasteiger charge is -2.11. The van der Waals surface area contributed by atoms with Crippen molar-refractivity contribution in [3.63, 3.8) is 0 Å². The van der Waals surface area contributed by atoms with E-state index in [0.29, 0.717) is 27.7 Å². The molecule has 1 heterocycles. The maximum atomic E-state index is 12.1. The van der Waals surface area contributed by atoms with Crippen LogP contribution in [0, 0.1) is 0 Å². The SMILES string of the molecule is COc1ccc(Cl)cc1NC(=O)c1ccncc1N. The molecule has 2 rings (SSSR count). The Labute approximate surface area is 115 Å². The van der Waals surface area contributed by atoms with Crippen molar-refractivity contribution in [3.8, 4) is 5.75 Å². The number of pyridine rings is 1. The highest BCUT2D eigenvalue weighted by molar-refractivity contribution is 6.31. The molecule has 0 aliphatic rings. The van der Waals surface area contributed by atoms with Crippen LogP contribution in [0.3, 0.4) is 0 Å². The predicted molar refractivity (Wildman–Crippen MR) is 74.6 cm³/mol. The van der Waals surface area contributed by atoms with Crippen LogP contribution < -0.4 is 15.8 Å². The molecule has 0 bridgehead atoms. The van der Waals surface area contributed by atoms with Gasteiger partial charge in [0.25, 0.3) is 5.91 Å².